The number of nitrogens with zero attached hydrogens (tertiary/aromatic N) is 2. The van der Waals surface area contributed by atoms with Gasteiger partial charge in [-0.3, -0.25) is 10.4 Å². The van der Waals surface area contributed by atoms with Gasteiger partial charge in [-0.2, -0.15) is 0 Å². The molecule has 0 aliphatic carbocycles. The van der Waals surface area contributed by atoms with Crippen LogP contribution in [0.5, 0.6) is 0 Å². The zero-order valence-corrected chi connectivity index (χ0v) is 9.45. The van der Waals surface area contributed by atoms with Gasteiger partial charge in [0.1, 0.15) is 5.84 Å². The Morgan fingerprint density at radius 2 is 1.75 bits per heavy atom. The number of nitrogens with one attached hydrogen (secondary N) is 1. The maximum atomic E-state index is 8.21. The monoisotopic (exact) mass is 215 g/mol. The van der Waals surface area contributed by atoms with Gasteiger partial charge in [0.25, 0.3) is 0 Å². The quantitative estimate of drug-likeness (QED) is 0.778. The molecule has 3 nitrogen and oxygen atoms in total. The van der Waals surface area contributed by atoms with Crippen molar-refractivity contribution in [3.05, 3.63) is 35.4 Å². The van der Waals surface area contributed by atoms with E-state index in [1.54, 1.807) is 0 Å². The summed E-state index contributed by atoms with van der Waals surface area (Å²) in [5.41, 5.74) is 2.39. The first kappa shape index (κ1) is 9.85. The summed E-state index contributed by atoms with van der Waals surface area (Å²) in [5, 5.41) is 12.7. The van der Waals surface area contributed by atoms with E-state index in [2.05, 4.69) is 28.2 Å². The lowest BCUT2D eigenvalue weighted by Gasteiger charge is -2.35. The number of hydrogen-bond acceptors (Lipinski definition) is 2. The fourth-order valence-corrected chi connectivity index (χ4v) is 2.63. The molecule has 2 heterocycles. The molecule has 84 valence electrons. The molecule has 0 saturated carbocycles. The second kappa shape index (κ2) is 3.91. The number of fused-ring (bicyclic) bond motifs is 1. The first-order valence-corrected chi connectivity index (χ1v) is 6.05. The highest BCUT2D eigenvalue weighted by atomic mass is 15.6. The summed E-state index contributed by atoms with van der Waals surface area (Å²) in [5.74, 6) is 0.678. The summed E-state index contributed by atoms with van der Waals surface area (Å²) in [6.45, 7) is 3.10. The smallest absolute Gasteiger partial charge is 0.143 e. The minimum atomic E-state index is 0.678. The Labute approximate surface area is 96.1 Å². The van der Waals surface area contributed by atoms with Crippen molar-refractivity contribution in [2.24, 2.45) is 0 Å². The van der Waals surface area contributed by atoms with Crippen LogP contribution in [0.15, 0.2) is 24.3 Å². The van der Waals surface area contributed by atoms with Crippen LogP contribution in [0.4, 0.5) is 0 Å². The lowest BCUT2D eigenvalue weighted by atomic mass is 10.1. The van der Waals surface area contributed by atoms with E-state index in [0.717, 1.165) is 25.2 Å². The van der Waals surface area contributed by atoms with Crippen molar-refractivity contribution in [1.82, 2.24) is 10.0 Å². The van der Waals surface area contributed by atoms with E-state index in [1.807, 2.05) is 6.07 Å². The van der Waals surface area contributed by atoms with Gasteiger partial charge < -0.3 is 0 Å². The molecular weight excluding hydrogens is 198 g/mol. The van der Waals surface area contributed by atoms with E-state index in [4.69, 9.17) is 5.41 Å². The van der Waals surface area contributed by atoms with Gasteiger partial charge in [-0.1, -0.05) is 30.7 Å². The minimum Gasteiger partial charge on any atom is -0.285 e. The van der Waals surface area contributed by atoms with Crippen LogP contribution in [0.3, 0.4) is 0 Å². The molecule has 1 fully saturated rings. The molecule has 0 spiro atoms. The Balaban J connectivity index is 1.83. The summed E-state index contributed by atoms with van der Waals surface area (Å²) in [6, 6.07) is 8.27. The molecule has 2 aliphatic rings. The molecule has 1 aromatic rings. The second-order valence-corrected chi connectivity index (χ2v) is 4.58. The molecule has 0 aromatic heterocycles. The maximum absolute atomic E-state index is 8.21. The van der Waals surface area contributed by atoms with Crippen molar-refractivity contribution < 1.29 is 0 Å². The van der Waals surface area contributed by atoms with Crippen LogP contribution >= 0.6 is 0 Å². The van der Waals surface area contributed by atoms with E-state index >= 15 is 0 Å². The molecule has 0 unspecified atom stereocenters. The normalized spacial score (nSPS) is 21.2. The number of hydrazine groups is 1. The summed E-state index contributed by atoms with van der Waals surface area (Å²) in [6.07, 6.45) is 3.87. The lowest BCUT2D eigenvalue weighted by Crippen LogP contribution is -2.45. The van der Waals surface area contributed by atoms with Crippen LogP contribution < -0.4 is 0 Å². The van der Waals surface area contributed by atoms with Crippen LogP contribution in [0.2, 0.25) is 0 Å². The summed E-state index contributed by atoms with van der Waals surface area (Å²) in [4.78, 5) is 0. The van der Waals surface area contributed by atoms with Gasteiger partial charge in [0.15, 0.2) is 0 Å². The van der Waals surface area contributed by atoms with Gasteiger partial charge >= 0.3 is 0 Å². The van der Waals surface area contributed by atoms with E-state index in [0.29, 0.717) is 5.84 Å². The summed E-state index contributed by atoms with van der Waals surface area (Å²) < 4.78 is 0. The van der Waals surface area contributed by atoms with Gasteiger partial charge in [-0.05, 0) is 18.4 Å². The molecule has 0 radical (unpaired) electrons. The largest absolute Gasteiger partial charge is 0.285 e. The third kappa shape index (κ3) is 1.52. The van der Waals surface area contributed by atoms with E-state index in [9.17, 15) is 0 Å². The third-order valence-corrected chi connectivity index (χ3v) is 3.52. The SMILES string of the molecule is N=C1c2ccccc2CN1N1CCCCC1. The van der Waals surface area contributed by atoms with Gasteiger partial charge in [0.05, 0.1) is 6.54 Å². The zero-order valence-electron chi connectivity index (χ0n) is 9.45. The maximum Gasteiger partial charge on any atom is 0.143 e. The van der Waals surface area contributed by atoms with Crippen LogP contribution in [-0.4, -0.2) is 28.9 Å². The Kier molecular flexibility index (Phi) is 2.40. The highest BCUT2D eigenvalue weighted by Gasteiger charge is 2.28. The number of benzene rings is 1. The molecule has 0 amide bonds. The molecule has 3 heteroatoms. The number of piperidine rings is 1. The molecule has 1 aromatic carbocycles. The highest BCUT2D eigenvalue weighted by Crippen LogP contribution is 2.25. The van der Waals surface area contributed by atoms with E-state index in [-0.39, 0.29) is 0 Å². The summed E-state index contributed by atoms with van der Waals surface area (Å²) >= 11 is 0. The lowest BCUT2D eigenvalue weighted by molar-refractivity contribution is 0.0235. The van der Waals surface area contributed by atoms with Crippen LogP contribution in [0.25, 0.3) is 0 Å². The number of hydrogen-bond donors (Lipinski definition) is 1. The average molecular weight is 215 g/mol. The second-order valence-electron chi connectivity index (χ2n) is 4.58. The fraction of sp³-hybridized carbons (Fsp3) is 0.462. The molecule has 1 saturated heterocycles. The highest BCUT2D eigenvalue weighted by molar-refractivity contribution is 5.99. The van der Waals surface area contributed by atoms with Crippen LogP contribution in [0, 0.1) is 5.41 Å². The predicted octanol–water partition coefficient (Wildman–Crippen LogP) is 2.23. The number of amidine groups is 1. The van der Waals surface area contributed by atoms with Crippen LogP contribution in [0.1, 0.15) is 30.4 Å². The molecule has 1 N–H and O–H groups in total. The Morgan fingerprint density at radius 1 is 1.00 bits per heavy atom. The van der Waals surface area contributed by atoms with Gasteiger partial charge in [0, 0.05) is 18.7 Å². The molecular formula is C13H17N3. The average Bonchev–Trinajstić information content (AvgIpc) is 2.69. The Bertz CT molecular complexity index is 407. The third-order valence-electron chi connectivity index (χ3n) is 3.52. The van der Waals surface area contributed by atoms with Crippen LogP contribution in [-0.2, 0) is 6.54 Å². The molecule has 0 bridgehead atoms. The zero-order chi connectivity index (χ0) is 11.0. The van der Waals surface area contributed by atoms with Gasteiger partial charge in [0.2, 0.25) is 0 Å². The van der Waals surface area contributed by atoms with Gasteiger partial charge in [-0.15, -0.1) is 0 Å². The van der Waals surface area contributed by atoms with E-state index < -0.39 is 0 Å². The Morgan fingerprint density at radius 3 is 2.50 bits per heavy atom. The first-order valence-electron chi connectivity index (χ1n) is 6.05. The van der Waals surface area contributed by atoms with Crippen molar-refractivity contribution in [2.45, 2.75) is 25.8 Å². The number of rotatable bonds is 1. The molecule has 3 rings (SSSR count). The Hall–Kier alpha value is -1.35. The molecule has 16 heavy (non-hydrogen) atoms. The van der Waals surface area contributed by atoms with Gasteiger partial charge in [-0.25, -0.2) is 5.01 Å². The predicted molar refractivity (Wildman–Crippen MR) is 64.2 cm³/mol. The van der Waals surface area contributed by atoms with Crippen molar-refractivity contribution in [3.63, 3.8) is 0 Å². The summed E-state index contributed by atoms with van der Waals surface area (Å²) in [7, 11) is 0. The molecule has 2 aliphatic heterocycles. The van der Waals surface area contributed by atoms with Crippen molar-refractivity contribution in [3.8, 4) is 0 Å². The molecule has 0 atom stereocenters. The standard InChI is InChI=1S/C13H17N3/c14-13-12-7-3-2-6-11(12)10-16(13)15-8-4-1-5-9-15/h2-3,6-7,14H,1,4-5,8-10H2. The van der Waals surface area contributed by atoms with E-state index in [1.165, 1.54) is 24.8 Å². The van der Waals surface area contributed by atoms with Crippen molar-refractivity contribution in [2.75, 3.05) is 13.1 Å². The minimum absolute atomic E-state index is 0.678. The van der Waals surface area contributed by atoms with Crippen molar-refractivity contribution in [1.29, 1.82) is 5.41 Å². The topological polar surface area (TPSA) is 30.3 Å². The first-order chi connectivity index (χ1) is 7.86. The fourth-order valence-electron chi connectivity index (χ4n) is 2.63. The van der Waals surface area contributed by atoms with Crippen molar-refractivity contribution >= 4 is 5.84 Å².